The molecule has 0 bridgehead atoms. The summed E-state index contributed by atoms with van der Waals surface area (Å²) in [5.41, 5.74) is -0.150. The summed E-state index contributed by atoms with van der Waals surface area (Å²) in [5.74, 6) is 0. The first-order valence-electron chi connectivity index (χ1n) is 6.23. The van der Waals surface area contributed by atoms with Crippen molar-refractivity contribution >= 4 is 0 Å². The first-order chi connectivity index (χ1) is 7.50. The third-order valence-electron chi connectivity index (χ3n) is 3.86. The molecule has 1 rings (SSSR count). The van der Waals surface area contributed by atoms with Crippen LogP contribution >= 0.6 is 0 Å². The summed E-state index contributed by atoms with van der Waals surface area (Å²) in [5, 5.41) is 12.6. The fraction of sp³-hybridized carbons (Fsp3) is 1.00. The fourth-order valence-electron chi connectivity index (χ4n) is 2.29. The van der Waals surface area contributed by atoms with Crippen molar-refractivity contribution in [1.82, 2.24) is 15.1 Å². The molecule has 4 nitrogen and oxygen atoms in total. The first kappa shape index (κ1) is 13.9. The van der Waals surface area contributed by atoms with Gasteiger partial charge >= 0.3 is 0 Å². The van der Waals surface area contributed by atoms with Crippen LogP contribution in [0.5, 0.6) is 0 Å². The number of aliphatic hydroxyl groups excluding tert-OH is 1. The van der Waals surface area contributed by atoms with E-state index in [4.69, 9.17) is 0 Å². The highest BCUT2D eigenvalue weighted by molar-refractivity contribution is 4.87. The van der Waals surface area contributed by atoms with E-state index in [9.17, 15) is 5.11 Å². The molecule has 4 heteroatoms. The highest BCUT2D eigenvalue weighted by Gasteiger charge is 2.27. The van der Waals surface area contributed by atoms with Crippen LogP contribution < -0.4 is 5.32 Å². The van der Waals surface area contributed by atoms with Crippen LogP contribution in [0.25, 0.3) is 0 Å². The molecular weight excluding hydrogens is 202 g/mol. The number of rotatable bonds is 5. The molecule has 16 heavy (non-hydrogen) atoms. The molecule has 0 saturated carbocycles. The topological polar surface area (TPSA) is 38.7 Å². The lowest BCUT2D eigenvalue weighted by atomic mass is 9.93. The van der Waals surface area contributed by atoms with Crippen LogP contribution in [0.3, 0.4) is 0 Å². The number of piperazine rings is 1. The number of nitrogens with zero attached hydrogens (tertiary/aromatic N) is 2. The van der Waals surface area contributed by atoms with Crippen LogP contribution in [0.2, 0.25) is 0 Å². The van der Waals surface area contributed by atoms with Gasteiger partial charge in [0.1, 0.15) is 0 Å². The van der Waals surface area contributed by atoms with Crippen molar-refractivity contribution in [3.8, 4) is 0 Å². The maximum Gasteiger partial charge on any atom is 0.0611 e. The summed E-state index contributed by atoms with van der Waals surface area (Å²) in [4.78, 5) is 4.89. The molecule has 96 valence electrons. The monoisotopic (exact) mass is 229 g/mol. The Morgan fingerprint density at radius 3 is 2.31 bits per heavy atom. The number of hydrogen-bond donors (Lipinski definition) is 2. The highest BCUT2D eigenvalue weighted by atomic mass is 16.3. The summed E-state index contributed by atoms with van der Waals surface area (Å²) in [6.07, 6.45) is 0.990. The largest absolute Gasteiger partial charge is 0.394 e. The molecule has 0 aromatic rings. The summed E-state index contributed by atoms with van der Waals surface area (Å²) in [6.45, 7) is 9.13. The molecule has 0 aromatic carbocycles. The smallest absolute Gasteiger partial charge is 0.0611 e. The van der Waals surface area contributed by atoms with Gasteiger partial charge in [0.25, 0.3) is 0 Å². The van der Waals surface area contributed by atoms with Crippen LogP contribution in [-0.2, 0) is 0 Å². The lowest BCUT2D eigenvalue weighted by molar-refractivity contribution is 0.0828. The van der Waals surface area contributed by atoms with E-state index in [0.717, 1.165) is 32.6 Å². The molecule has 2 N–H and O–H groups in total. The average Bonchev–Trinajstić information content (AvgIpc) is 2.29. The Morgan fingerprint density at radius 2 is 1.88 bits per heavy atom. The number of aliphatic hydroxyl groups is 1. The Morgan fingerprint density at radius 1 is 1.31 bits per heavy atom. The second-order valence-electron chi connectivity index (χ2n) is 5.36. The van der Waals surface area contributed by atoms with Gasteiger partial charge in [0.15, 0.2) is 0 Å². The summed E-state index contributed by atoms with van der Waals surface area (Å²) < 4.78 is 0. The van der Waals surface area contributed by atoms with E-state index < -0.39 is 0 Å². The molecule has 0 aliphatic carbocycles. The normalized spacial score (nSPS) is 25.3. The van der Waals surface area contributed by atoms with Gasteiger partial charge in [-0.25, -0.2) is 0 Å². The Kier molecular flexibility index (Phi) is 5.18. The van der Waals surface area contributed by atoms with Gasteiger partial charge in [-0.15, -0.1) is 0 Å². The summed E-state index contributed by atoms with van der Waals surface area (Å²) in [7, 11) is 4.10. The molecule has 1 aliphatic heterocycles. The van der Waals surface area contributed by atoms with Crippen LogP contribution in [-0.4, -0.2) is 73.4 Å². The summed E-state index contributed by atoms with van der Waals surface area (Å²) >= 11 is 0. The Labute approximate surface area is 99.6 Å². The Bertz CT molecular complexity index is 198. The molecule has 0 aromatic heterocycles. The number of hydrogen-bond acceptors (Lipinski definition) is 4. The average molecular weight is 229 g/mol. The van der Waals surface area contributed by atoms with Gasteiger partial charge in [0.2, 0.25) is 0 Å². The zero-order valence-electron chi connectivity index (χ0n) is 11.2. The van der Waals surface area contributed by atoms with Gasteiger partial charge in [0, 0.05) is 37.8 Å². The molecule has 0 radical (unpaired) electrons. The minimum atomic E-state index is -0.150. The molecule has 1 aliphatic rings. The van der Waals surface area contributed by atoms with E-state index in [0.29, 0.717) is 6.04 Å². The molecule has 2 unspecified atom stereocenters. The second-order valence-corrected chi connectivity index (χ2v) is 5.36. The molecule has 1 saturated heterocycles. The van der Waals surface area contributed by atoms with E-state index in [1.54, 1.807) is 0 Å². The van der Waals surface area contributed by atoms with E-state index >= 15 is 0 Å². The Balaban J connectivity index is 2.42. The van der Waals surface area contributed by atoms with Crippen molar-refractivity contribution in [3.63, 3.8) is 0 Å². The molecule has 2 atom stereocenters. The lowest BCUT2D eigenvalue weighted by Crippen LogP contribution is -2.53. The first-order valence-corrected chi connectivity index (χ1v) is 6.23. The van der Waals surface area contributed by atoms with Crippen molar-refractivity contribution < 1.29 is 5.11 Å². The predicted molar refractivity (Wildman–Crippen MR) is 67.7 cm³/mol. The maximum absolute atomic E-state index is 9.39. The van der Waals surface area contributed by atoms with Crippen molar-refractivity contribution in [2.45, 2.75) is 31.8 Å². The second kappa shape index (κ2) is 5.96. The van der Waals surface area contributed by atoms with E-state index in [-0.39, 0.29) is 12.1 Å². The van der Waals surface area contributed by atoms with Gasteiger partial charge in [-0.3, -0.25) is 4.90 Å². The number of likely N-dealkylation sites (N-methyl/N-ethyl adjacent to an activating group) is 2. The standard InChI is InChI=1S/C12H27N3O/c1-11(9-12(2,10-16)13-3)15-7-5-14(4)6-8-15/h11,13,16H,5-10H2,1-4H3. The van der Waals surface area contributed by atoms with Crippen LogP contribution in [0.4, 0.5) is 0 Å². The molecule has 0 spiro atoms. The van der Waals surface area contributed by atoms with Crippen molar-refractivity contribution in [3.05, 3.63) is 0 Å². The van der Waals surface area contributed by atoms with E-state index in [1.165, 1.54) is 0 Å². The zero-order valence-corrected chi connectivity index (χ0v) is 11.2. The molecule has 1 heterocycles. The Hall–Kier alpha value is -0.160. The van der Waals surface area contributed by atoms with Crippen LogP contribution in [0, 0.1) is 0 Å². The molecule has 1 fully saturated rings. The predicted octanol–water partition coefficient (Wildman–Crippen LogP) is -0.0172. The SMILES string of the molecule is CNC(C)(CO)CC(C)N1CCN(C)CC1. The van der Waals surface area contributed by atoms with Crippen molar-refractivity contribution in [2.75, 3.05) is 46.9 Å². The van der Waals surface area contributed by atoms with Crippen molar-refractivity contribution in [1.29, 1.82) is 0 Å². The van der Waals surface area contributed by atoms with E-state index in [2.05, 4.69) is 36.0 Å². The number of nitrogens with one attached hydrogen (secondary N) is 1. The summed E-state index contributed by atoms with van der Waals surface area (Å²) in [6, 6.07) is 0.526. The maximum atomic E-state index is 9.39. The van der Waals surface area contributed by atoms with Crippen molar-refractivity contribution in [2.24, 2.45) is 0 Å². The van der Waals surface area contributed by atoms with Gasteiger partial charge in [0.05, 0.1) is 6.61 Å². The van der Waals surface area contributed by atoms with Gasteiger partial charge in [-0.2, -0.15) is 0 Å². The van der Waals surface area contributed by atoms with Crippen LogP contribution in [0.15, 0.2) is 0 Å². The third-order valence-corrected chi connectivity index (χ3v) is 3.86. The third kappa shape index (κ3) is 3.70. The van der Waals surface area contributed by atoms with Gasteiger partial charge in [-0.1, -0.05) is 0 Å². The van der Waals surface area contributed by atoms with Gasteiger partial charge in [-0.05, 0) is 34.4 Å². The molecular formula is C12H27N3O. The van der Waals surface area contributed by atoms with Gasteiger partial charge < -0.3 is 15.3 Å². The lowest BCUT2D eigenvalue weighted by Gasteiger charge is -2.40. The highest BCUT2D eigenvalue weighted by Crippen LogP contribution is 2.16. The van der Waals surface area contributed by atoms with E-state index in [1.807, 2.05) is 7.05 Å². The fourth-order valence-corrected chi connectivity index (χ4v) is 2.29. The quantitative estimate of drug-likeness (QED) is 0.695. The molecule has 0 amide bonds. The van der Waals surface area contributed by atoms with Crippen LogP contribution in [0.1, 0.15) is 20.3 Å². The zero-order chi connectivity index (χ0) is 12.2. The minimum absolute atomic E-state index is 0.150. The minimum Gasteiger partial charge on any atom is -0.394 e.